The van der Waals surface area contributed by atoms with Gasteiger partial charge in [-0.25, -0.2) is 0 Å². The normalized spacial score (nSPS) is 16.7. The summed E-state index contributed by atoms with van der Waals surface area (Å²) in [6.07, 6.45) is 1.61. The van der Waals surface area contributed by atoms with Crippen molar-refractivity contribution in [2.45, 2.75) is 12.8 Å². The van der Waals surface area contributed by atoms with E-state index in [1.165, 1.54) is 0 Å². The fourth-order valence-corrected chi connectivity index (χ4v) is 2.53. The van der Waals surface area contributed by atoms with Crippen LogP contribution in [0, 0.1) is 5.92 Å². The van der Waals surface area contributed by atoms with E-state index in [4.69, 9.17) is 22.1 Å². The van der Waals surface area contributed by atoms with E-state index in [2.05, 4.69) is 4.90 Å². The van der Waals surface area contributed by atoms with Gasteiger partial charge in [0.1, 0.15) is 5.75 Å². The number of hydrogen-bond acceptors (Lipinski definition) is 3. The van der Waals surface area contributed by atoms with Gasteiger partial charge in [-0.1, -0.05) is 11.6 Å². The van der Waals surface area contributed by atoms with E-state index in [1.54, 1.807) is 7.11 Å². The number of carbonyl (C=O) groups is 1. The molecule has 2 rings (SSSR count). The average Bonchev–Trinajstić information content (AvgIpc) is 2.38. The van der Waals surface area contributed by atoms with Crippen molar-refractivity contribution in [1.82, 2.24) is 0 Å². The SMILES string of the molecule is COc1ccc(N2CCC(C(N)=O)CC2)cc1Cl. The van der Waals surface area contributed by atoms with Crippen LogP contribution in [0.1, 0.15) is 12.8 Å². The van der Waals surface area contributed by atoms with E-state index in [1.807, 2.05) is 18.2 Å². The third-order valence-electron chi connectivity index (χ3n) is 3.40. The quantitative estimate of drug-likeness (QED) is 0.913. The van der Waals surface area contributed by atoms with E-state index in [9.17, 15) is 4.79 Å². The van der Waals surface area contributed by atoms with Gasteiger partial charge in [-0.2, -0.15) is 0 Å². The van der Waals surface area contributed by atoms with Crippen LogP contribution in [0.25, 0.3) is 0 Å². The first-order valence-corrected chi connectivity index (χ1v) is 6.37. The zero-order valence-electron chi connectivity index (χ0n) is 10.4. The highest BCUT2D eigenvalue weighted by atomic mass is 35.5. The average molecular weight is 269 g/mol. The molecule has 1 aliphatic rings. The lowest BCUT2D eigenvalue weighted by Gasteiger charge is -2.32. The van der Waals surface area contributed by atoms with Gasteiger partial charge in [0.05, 0.1) is 12.1 Å². The summed E-state index contributed by atoms with van der Waals surface area (Å²) in [4.78, 5) is 13.3. The van der Waals surface area contributed by atoms with E-state index in [-0.39, 0.29) is 11.8 Å². The smallest absolute Gasteiger partial charge is 0.220 e. The molecule has 18 heavy (non-hydrogen) atoms. The Bertz CT molecular complexity index is 443. The molecule has 1 saturated heterocycles. The van der Waals surface area contributed by atoms with Crippen molar-refractivity contribution in [3.8, 4) is 5.75 Å². The summed E-state index contributed by atoms with van der Waals surface area (Å²) in [6, 6.07) is 5.73. The molecule has 5 heteroatoms. The minimum absolute atomic E-state index is 0.00923. The standard InChI is InChI=1S/C13H17ClN2O2/c1-18-12-3-2-10(8-11(12)14)16-6-4-9(5-7-16)13(15)17/h2-3,8-9H,4-7H2,1H3,(H2,15,17). The maximum atomic E-state index is 11.1. The number of anilines is 1. The number of carbonyl (C=O) groups excluding carboxylic acids is 1. The molecule has 2 N–H and O–H groups in total. The molecule has 0 radical (unpaired) electrons. The number of hydrogen-bond donors (Lipinski definition) is 1. The highest BCUT2D eigenvalue weighted by Crippen LogP contribution is 2.31. The van der Waals surface area contributed by atoms with E-state index >= 15 is 0 Å². The summed E-state index contributed by atoms with van der Waals surface area (Å²) >= 11 is 6.10. The second kappa shape index (κ2) is 5.48. The number of halogens is 1. The molecule has 1 amide bonds. The lowest BCUT2D eigenvalue weighted by Crippen LogP contribution is -2.38. The Kier molecular flexibility index (Phi) is 3.97. The van der Waals surface area contributed by atoms with Crippen LogP contribution in [0.4, 0.5) is 5.69 Å². The van der Waals surface area contributed by atoms with Crippen molar-refractivity contribution in [3.63, 3.8) is 0 Å². The first-order valence-electron chi connectivity index (χ1n) is 5.99. The van der Waals surface area contributed by atoms with Gasteiger partial charge in [-0.15, -0.1) is 0 Å². The summed E-state index contributed by atoms with van der Waals surface area (Å²) in [5.41, 5.74) is 6.38. The van der Waals surface area contributed by atoms with Crippen LogP contribution in [0.2, 0.25) is 5.02 Å². The maximum Gasteiger partial charge on any atom is 0.220 e. The van der Waals surface area contributed by atoms with Crippen LogP contribution in [0.5, 0.6) is 5.75 Å². The number of nitrogens with two attached hydrogens (primary N) is 1. The highest BCUT2D eigenvalue weighted by molar-refractivity contribution is 6.32. The molecule has 0 saturated carbocycles. The summed E-state index contributed by atoms with van der Waals surface area (Å²) in [5, 5.41) is 0.604. The zero-order valence-corrected chi connectivity index (χ0v) is 11.1. The number of piperidine rings is 1. The Morgan fingerprint density at radius 3 is 2.61 bits per heavy atom. The number of primary amides is 1. The predicted octanol–water partition coefficient (Wildman–Crippen LogP) is 2.05. The van der Waals surface area contributed by atoms with Crippen molar-refractivity contribution in [1.29, 1.82) is 0 Å². The summed E-state index contributed by atoms with van der Waals surface area (Å²) < 4.78 is 5.12. The molecule has 1 aromatic rings. The molecular weight excluding hydrogens is 252 g/mol. The predicted molar refractivity (Wildman–Crippen MR) is 72.1 cm³/mol. The van der Waals surface area contributed by atoms with Crippen LogP contribution in [0.15, 0.2) is 18.2 Å². The third-order valence-corrected chi connectivity index (χ3v) is 3.69. The number of benzene rings is 1. The Morgan fingerprint density at radius 1 is 1.44 bits per heavy atom. The maximum absolute atomic E-state index is 11.1. The van der Waals surface area contributed by atoms with Crippen LogP contribution < -0.4 is 15.4 Å². The molecule has 4 nitrogen and oxygen atoms in total. The van der Waals surface area contributed by atoms with Crippen molar-refractivity contribution < 1.29 is 9.53 Å². The molecule has 1 heterocycles. The largest absolute Gasteiger partial charge is 0.495 e. The fraction of sp³-hybridized carbons (Fsp3) is 0.462. The molecular formula is C13H17ClN2O2. The van der Waals surface area contributed by atoms with Gasteiger partial charge in [0.2, 0.25) is 5.91 Å². The number of ether oxygens (including phenoxy) is 1. The molecule has 0 aromatic heterocycles. The molecule has 0 bridgehead atoms. The molecule has 98 valence electrons. The molecule has 0 aliphatic carbocycles. The highest BCUT2D eigenvalue weighted by Gasteiger charge is 2.23. The second-order valence-electron chi connectivity index (χ2n) is 4.48. The Morgan fingerprint density at radius 2 is 2.11 bits per heavy atom. The number of amides is 1. The first kappa shape index (κ1) is 13.0. The lowest BCUT2D eigenvalue weighted by molar-refractivity contribution is -0.122. The van der Waals surface area contributed by atoms with E-state index in [0.29, 0.717) is 10.8 Å². The molecule has 1 aliphatic heterocycles. The summed E-state index contributed by atoms with van der Waals surface area (Å²) in [7, 11) is 1.60. The topological polar surface area (TPSA) is 55.6 Å². The third kappa shape index (κ3) is 2.70. The minimum atomic E-state index is -0.192. The number of nitrogens with zero attached hydrogens (tertiary/aromatic N) is 1. The summed E-state index contributed by atoms with van der Waals surface area (Å²) in [6.45, 7) is 1.66. The van der Waals surface area contributed by atoms with Gasteiger partial charge in [-0.3, -0.25) is 4.79 Å². The van der Waals surface area contributed by atoms with Crippen LogP contribution >= 0.6 is 11.6 Å². The van der Waals surface area contributed by atoms with E-state index in [0.717, 1.165) is 31.6 Å². The van der Waals surface area contributed by atoms with Crippen LogP contribution in [-0.2, 0) is 4.79 Å². The Hall–Kier alpha value is -1.42. The van der Waals surface area contributed by atoms with Gasteiger partial charge in [0.25, 0.3) is 0 Å². The van der Waals surface area contributed by atoms with Crippen molar-refractivity contribution >= 4 is 23.2 Å². The number of rotatable bonds is 3. The molecule has 1 aromatic carbocycles. The zero-order chi connectivity index (χ0) is 13.1. The van der Waals surface area contributed by atoms with Gasteiger partial charge in [0, 0.05) is 24.7 Å². The monoisotopic (exact) mass is 268 g/mol. The minimum Gasteiger partial charge on any atom is -0.495 e. The lowest BCUT2D eigenvalue weighted by atomic mass is 9.96. The van der Waals surface area contributed by atoms with Crippen LogP contribution in [0.3, 0.4) is 0 Å². The molecule has 0 unspecified atom stereocenters. The van der Waals surface area contributed by atoms with Crippen molar-refractivity contribution in [3.05, 3.63) is 23.2 Å². The van der Waals surface area contributed by atoms with Crippen molar-refractivity contribution in [2.24, 2.45) is 11.7 Å². The van der Waals surface area contributed by atoms with Crippen LogP contribution in [-0.4, -0.2) is 26.1 Å². The number of methoxy groups -OCH3 is 1. The molecule has 0 spiro atoms. The van der Waals surface area contributed by atoms with Gasteiger partial charge < -0.3 is 15.4 Å². The molecule has 1 fully saturated rings. The fourth-order valence-electron chi connectivity index (χ4n) is 2.27. The first-order chi connectivity index (χ1) is 8.61. The Balaban J connectivity index is 2.05. The molecule has 0 atom stereocenters. The van der Waals surface area contributed by atoms with Crippen molar-refractivity contribution in [2.75, 3.05) is 25.1 Å². The van der Waals surface area contributed by atoms with E-state index < -0.39 is 0 Å². The Labute approximate surface area is 112 Å². The van der Waals surface area contributed by atoms with Gasteiger partial charge in [0.15, 0.2) is 0 Å². The second-order valence-corrected chi connectivity index (χ2v) is 4.89. The van der Waals surface area contributed by atoms with Gasteiger partial charge in [-0.05, 0) is 31.0 Å². The summed E-state index contributed by atoms with van der Waals surface area (Å²) in [5.74, 6) is 0.491. The van der Waals surface area contributed by atoms with Gasteiger partial charge >= 0.3 is 0 Å².